The van der Waals surface area contributed by atoms with Gasteiger partial charge < -0.3 is 20.0 Å². The number of ether oxygens (including phenoxy) is 2. The number of aliphatic hydroxyl groups is 1. The number of hydrogen-bond acceptors (Lipinski definition) is 4. The van der Waals surface area contributed by atoms with E-state index in [-0.39, 0.29) is 23.5 Å². The molecule has 0 aliphatic heterocycles. The second-order valence-electron chi connectivity index (χ2n) is 11.2. The van der Waals surface area contributed by atoms with Crippen molar-refractivity contribution in [2.24, 2.45) is 23.2 Å². The van der Waals surface area contributed by atoms with Gasteiger partial charge in [0, 0.05) is 18.7 Å². The normalized spacial score (nSPS) is 23.2. The van der Waals surface area contributed by atoms with Gasteiger partial charge in [0.1, 0.15) is 0 Å². The monoisotopic (exact) mass is 493 g/mol. The van der Waals surface area contributed by atoms with Crippen molar-refractivity contribution in [3.05, 3.63) is 71.8 Å². The van der Waals surface area contributed by atoms with E-state index in [0.29, 0.717) is 31.7 Å². The van der Waals surface area contributed by atoms with Gasteiger partial charge in [-0.15, -0.1) is 0 Å². The average molecular weight is 494 g/mol. The second kappa shape index (κ2) is 14.7. The molecule has 5 atom stereocenters. The first-order valence-electron chi connectivity index (χ1n) is 13.9. The van der Waals surface area contributed by atoms with Crippen molar-refractivity contribution in [2.45, 2.75) is 91.1 Å². The lowest BCUT2D eigenvalue weighted by atomic mass is 9.61. The molecule has 0 saturated heterocycles. The minimum atomic E-state index is -0.334. The van der Waals surface area contributed by atoms with Gasteiger partial charge in [0.2, 0.25) is 0 Å². The van der Waals surface area contributed by atoms with E-state index in [9.17, 15) is 5.11 Å². The smallest absolute Gasteiger partial charge is 0.0720 e. The van der Waals surface area contributed by atoms with Crippen molar-refractivity contribution in [3.8, 4) is 0 Å². The predicted molar refractivity (Wildman–Crippen MR) is 148 cm³/mol. The van der Waals surface area contributed by atoms with Crippen LogP contribution in [0.2, 0.25) is 0 Å². The molecule has 3 rings (SSSR count). The van der Waals surface area contributed by atoms with Crippen molar-refractivity contribution in [1.82, 2.24) is 0 Å². The molecule has 1 saturated carbocycles. The first-order valence-corrected chi connectivity index (χ1v) is 13.9. The van der Waals surface area contributed by atoms with E-state index >= 15 is 0 Å². The van der Waals surface area contributed by atoms with Crippen LogP contribution in [0.4, 0.5) is 0 Å². The largest absolute Gasteiger partial charge is 0.393 e. The van der Waals surface area contributed by atoms with E-state index in [2.05, 4.69) is 45.0 Å². The molecule has 0 aromatic heterocycles. The van der Waals surface area contributed by atoms with Crippen molar-refractivity contribution in [1.29, 1.82) is 5.41 Å². The third-order valence-electron chi connectivity index (χ3n) is 8.26. The Balaban J connectivity index is 1.61. The van der Waals surface area contributed by atoms with E-state index in [1.165, 1.54) is 11.1 Å². The van der Waals surface area contributed by atoms with Gasteiger partial charge in [-0.1, -0.05) is 94.3 Å². The maximum Gasteiger partial charge on any atom is 0.0720 e. The van der Waals surface area contributed by atoms with E-state index in [4.69, 9.17) is 14.9 Å². The summed E-state index contributed by atoms with van der Waals surface area (Å²) in [7, 11) is 0. The van der Waals surface area contributed by atoms with Crippen LogP contribution in [-0.4, -0.2) is 30.1 Å². The highest BCUT2D eigenvalue weighted by molar-refractivity contribution is 5.57. The first-order chi connectivity index (χ1) is 17.4. The fourth-order valence-electron chi connectivity index (χ4n) is 5.65. The summed E-state index contributed by atoms with van der Waals surface area (Å²) in [5, 5.41) is 19.3. The van der Waals surface area contributed by atoms with E-state index < -0.39 is 0 Å². The molecule has 4 heteroatoms. The summed E-state index contributed by atoms with van der Waals surface area (Å²) in [6.45, 7) is 8.52. The van der Waals surface area contributed by atoms with E-state index in [0.717, 1.165) is 44.9 Å². The molecule has 36 heavy (non-hydrogen) atoms. The molecule has 0 bridgehead atoms. The molecule has 2 aromatic rings. The fourth-order valence-corrected chi connectivity index (χ4v) is 5.65. The molecule has 4 nitrogen and oxygen atoms in total. The van der Waals surface area contributed by atoms with Crippen LogP contribution in [0.25, 0.3) is 0 Å². The van der Waals surface area contributed by atoms with Gasteiger partial charge in [-0.2, -0.15) is 0 Å². The molecular weight excluding hydrogens is 446 g/mol. The predicted octanol–water partition coefficient (Wildman–Crippen LogP) is 7.44. The molecule has 0 spiro atoms. The summed E-state index contributed by atoms with van der Waals surface area (Å²) in [6.07, 6.45) is 8.20. The summed E-state index contributed by atoms with van der Waals surface area (Å²) >= 11 is 0. The van der Waals surface area contributed by atoms with Crippen LogP contribution in [0.5, 0.6) is 0 Å². The van der Waals surface area contributed by atoms with Gasteiger partial charge in [0.25, 0.3) is 0 Å². The zero-order valence-electron chi connectivity index (χ0n) is 22.6. The third-order valence-corrected chi connectivity index (χ3v) is 8.26. The Kier molecular flexibility index (Phi) is 11.6. The molecule has 1 aliphatic carbocycles. The van der Waals surface area contributed by atoms with Crippen LogP contribution in [0, 0.1) is 28.6 Å². The zero-order valence-corrected chi connectivity index (χ0v) is 22.6. The fraction of sp³-hybridized carbons (Fsp3) is 0.594. The SMILES string of the molecule is CCCCC(C=N)[C@H](C[C@H]1C[C@@H](CCOCc2ccccc2)C(C)(C)[C@@H](O)C1)OCc1ccccc1. The first kappa shape index (κ1) is 28.6. The molecule has 1 aliphatic rings. The molecule has 198 valence electrons. The van der Waals surface area contributed by atoms with Crippen LogP contribution < -0.4 is 0 Å². The van der Waals surface area contributed by atoms with Gasteiger partial charge in [0.15, 0.2) is 0 Å². The molecule has 2 N–H and O–H groups in total. The minimum absolute atomic E-state index is 0.00245. The number of rotatable bonds is 15. The summed E-state index contributed by atoms with van der Waals surface area (Å²) in [5.74, 6) is 0.899. The average Bonchev–Trinajstić information content (AvgIpc) is 2.89. The van der Waals surface area contributed by atoms with E-state index in [1.807, 2.05) is 36.4 Å². The van der Waals surface area contributed by atoms with Crippen molar-refractivity contribution >= 4 is 6.21 Å². The minimum Gasteiger partial charge on any atom is -0.393 e. The Morgan fingerprint density at radius 2 is 1.64 bits per heavy atom. The summed E-state index contributed by atoms with van der Waals surface area (Å²) < 4.78 is 12.5. The maximum absolute atomic E-state index is 11.1. The van der Waals surface area contributed by atoms with E-state index in [1.54, 1.807) is 6.21 Å². The van der Waals surface area contributed by atoms with Crippen molar-refractivity contribution in [2.75, 3.05) is 6.61 Å². The highest BCUT2D eigenvalue weighted by atomic mass is 16.5. The van der Waals surface area contributed by atoms with Crippen LogP contribution in [0.1, 0.15) is 76.8 Å². The number of nitrogens with one attached hydrogen (secondary N) is 1. The highest BCUT2D eigenvalue weighted by Gasteiger charge is 2.43. The lowest BCUT2D eigenvalue weighted by molar-refractivity contribution is -0.0771. The lowest BCUT2D eigenvalue weighted by Gasteiger charge is -2.47. The molecule has 0 radical (unpaired) electrons. The molecule has 0 amide bonds. The molecular formula is C32H47NO3. The standard InChI is InChI=1S/C32H47NO3/c1-4-5-16-28(22-33)30(36-24-26-14-10-7-11-15-26)20-27-19-29(32(2,3)31(34)21-27)17-18-35-23-25-12-8-6-9-13-25/h6-15,22,27-31,33-34H,4-5,16-21,23-24H2,1-3H3/t27-,28?,29-,30+,31+/m1/s1. The number of unbranched alkanes of at least 4 members (excludes halogenated alkanes) is 1. The Morgan fingerprint density at radius 3 is 2.25 bits per heavy atom. The quantitative estimate of drug-likeness (QED) is 0.200. The highest BCUT2D eigenvalue weighted by Crippen LogP contribution is 2.46. The summed E-state index contributed by atoms with van der Waals surface area (Å²) in [6, 6.07) is 20.6. The maximum atomic E-state index is 11.1. The van der Waals surface area contributed by atoms with Crippen molar-refractivity contribution in [3.63, 3.8) is 0 Å². The van der Waals surface area contributed by atoms with Gasteiger partial charge in [-0.05, 0) is 60.5 Å². The summed E-state index contributed by atoms with van der Waals surface area (Å²) in [5.41, 5.74) is 2.23. The Morgan fingerprint density at radius 1 is 1.00 bits per heavy atom. The van der Waals surface area contributed by atoms with Crippen LogP contribution in [0.3, 0.4) is 0 Å². The Labute approximate surface area is 218 Å². The van der Waals surface area contributed by atoms with Gasteiger partial charge in [-0.3, -0.25) is 0 Å². The summed E-state index contributed by atoms with van der Waals surface area (Å²) in [4.78, 5) is 0. The topological polar surface area (TPSA) is 62.5 Å². The molecule has 0 heterocycles. The number of hydrogen-bond donors (Lipinski definition) is 2. The van der Waals surface area contributed by atoms with Crippen LogP contribution >= 0.6 is 0 Å². The molecule has 2 aromatic carbocycles. The van der Waals surface area contributed by atoms with Crippen LogP contribution in [0.15, 0.2) is 60.7 Å². The third kappa shape index (κ3) is 8.54. The molecule has 1 fully saturated rings. The number of aliphatic hydroxyl groups excluding tert-OH is 1. The Bertz CT molecular complexity index is 869. The van der Waals surface area contributed by atoms with Gasteiger partial charge in [0.05, 0.1) is 25.4 Å². The van der Waals surface area contributed by atoms with Gasteiger partial charge >= 0.3 is 0 Å². The second-order valence-corrected chi connectivity index (χ2v) is 11.2. The van der Waals surface area contributed by atoms with Gasteiger partial charge in [-0.25, -0.2) is 0 Å². The Hall–Kier alpha value is -2.01. The zero-order chi connectivity index (χ0) is 25.8. The molecule has 1 unspecified atom stereocenters. The number of benzene rings is 2. The van der Waals surface area contributed by atoms with Crippen molar-refractivity contribution < 1.29 is 14.6 Å². The van der Waals surface area contributed by atoms with Crippen LogP contribution in [-0.2, 0) is 22.7 Å². The lowest BCUT2D eigenvalue weighted by Crippen LogP contribution is -2.45.